The minimum Gasteiger partial charge on any atom is -0.508 e. The molecule has 0 spiro atoms. The number of carbonyl (C=O) groups excluding carboxylic acids is 2. The van der Waals surface area contributed by atoms with E-state index < -0.39 is 17.6 Å². The third-order valence-electron chi connectivity index (χ3n) is 5.53. The molecule has 27 heavy (non-hydrogen) atoms. The topological polar surface area (TPSA) is 84.6 Å². The lowest BCUT2D eigenvalue weighted by Gasteiger charge is -2.29. The number of carbonyl (C=O) groups is 2. The number of hydrogen-bond acceptors (Lipinski definition) is 4. The van der Waals surface area contributed by atoms with Gasteiger partial charge in [0.25, 0.3) is 5.91 Å². The molecule has 1 aliphatic heterocycles. The van der Waals surface area contributed by atoms with Gasteiger partial charge in [0.15, 0.2) is 0 Å². The van der Waals surface area contributed by atoms with Crippen molar-refractivity contribution in [3.05, 3.63) is 70.8 Å². The SMILES string of the molecule is CN1C(=O)N(C2C=Cc3c(C#N)cccc32)C(=O)C1(C)c1ccc(O)cc1. The van der Waals surface area contributed by atoms with Crippen molar-refractivity contribution in [2.45, 2.75) is 18.5 Å². The van der Waals surface area contributed by atoms with Crippen LogP contribution >= 0.6 is 0 Å². The van der Waals surface area contributed by atoms with Crippen molar-refractivity contribution in [2.24, 2.45) is 0 Å². The molecule has 2 aromatic rings. The molecular formula is C21H17N3O3. The summed E-state index contributed by atoms with van der Waals surface area (Å²) in [6.45, 7) is 1.70. The molecule has 2 aromatic carbocycles. The van der Waals surface area contributed by atoms with Crippen LogP contribution in [0.25, 0.3) is 6.08 Å². The van der Waals surface area contributed by atoms with Crippen LogP contribution in [0.2, 0.25) is 0 Å². The fraction of sp³-hybridized carbons (Fsp3) is 0.190. The number of nitriles is 1. The van der Waals surface area contributed by atoms with Crippen LogP contribution < -0.4 is 0 Å². The Morgan fingerprint density at radius 3 is 2.52 bits per heavy atom. The molecule has 2 unspecified atom stereocenters. The monoisotopic (exact) mass is 359 g/mol. The highest BCUT2D eigenvalue weighted by Gasteiger charge is 2.55. The highest BCUT2D eigenvalue weighted by Crippen LogP contribution is 2.43. The van der Waals surface area contributed by atoms with Gasteiger partial charge in [-0.25, -0.2) is 4.79 Å². The molecule has 1 fully saturated rings. The normalized spacial score (nSPS) is 23.7. The van der Waals surface area contributed by atoms with E-state index in [1.165, 1.54) is 21.9 Å². The molecule has 0 saturated carbocycles. The summed E-state index contributed by atoms with van der Waals surface area (Å²) >= 11 is 0. The van der Waals surface area contributed by atoms with Crippen molar-refractivity contribution >= 4 is 18.0 Å². The average molecular weight is 359 g/mol. The Morgan fingerprint density at radius 2 is 1.85 bits per heavy atom. The molecule has 2 aliphatic rings. The van der Waals surface area contributed by atoms with Crippen LogP contribution in [0.3, 0.4) is 0 Å². The smallest absolute Gasteiger partial charge is 0.328 e. The fourth-order valence-electron chi connectivity index (χ4n) is 3.81. The predicted molar refractivity (Wildman–Crippen MR) is 98.4 cm³/mol. The number of urea groups is 1. The van der Waals surface area contributed by atoms with E-state index in [4.69, 9.17) is 0 Å². The van der Waals surface area contributed by atoms with E-state index in [0.717, 1.165) is 11.1 Å². The number of hydrogen-bond donors (Lipinski definition) is 1. The van der Waals surface area contributed by atoms with Crippen molar-refractivity contribution in [3.63, 3.8) is 0 Å². The van der Waals surface area contributed by atoms with E-state index >= 15 is 0 Å². The molecule has 1 aliphatic carbocycles. The Kier molecular flexibility index (Phi) is 3.57. The van der Waals surface area contributed by atoms with E-state index in [1.807, 2.05) is 6.07 Å². The van der Waals surface area contributed by atoms with Crippen molar-refractivity contribution in [1.29, 1.82) is 5.26 Å². The number of benzene rings is 2. The largest absolute Gasteiger partial charge is 0.508 e. The second-order valence-corrected chi connectivity index (χ2v) is 6.86. The summed E-state index contributed by atoms with van der Waals surface area (Å²) in [7, 11) is 1.60. The Bertz CT molecular complexity index is 1040. The summed E-state index contributed by atoms with van der Waals surface area (Å²) in [6.07, 6.45) is 3.56. The molecule has 1 N–H and O–H groups in total. The van der Waals surface area contributed by atoms with Gasteiger partial charge in [-0.1, -0.05) is 36.4 Å². The van der Waals surface area contributed by atoms with E-state index in [2.05, 4.69) is 6.07 Å². The van der Waals surface area contributed by atoms with Crippen LogP contribution in [0.1, 0.15) is 35.2 Å². The van der Waals surface area contributed by atoms with Crippen LogP contribution in [0.5, 0.6) is 5.75 Å². The lowest BCUT2D eigenvalue weighted by molar-refractivity contribution is -0.133. The zero-order valence-corrected chi connectivity index (χ0v) is 14.9. The van der Waals surface area contributed by atoms with Crippen LogP contribution in [0.4, 0.5) is 4.79 Å². The maximum atomic E-state index is 13.4. The lowest BCUT2D eigenvalue weighted by atomic mass is 9.90. The van der Waals surface area contributed by atoms with Crippen LogP contribution in [0.15, 0.2) is 48.5 Å². The number of nitrogens with zero attached hydrogens (tertiary/aromatic N) is 3. The van der Waals surface area contributed by atoms with Gasteiger partial charge in [0.05, 0.1) is 17.7 Å². The summed E-state index contributed by atoms with van der Waals surface area (Å²) in [5, 5.41) is 18.8. The first-order valence-corrected chi connectivity index (χ1v) is 8.51. The zero-order valence-electron chi connectivity index (χ0n) is 14.9. The summed E-state index contributed by atoms with van der Waals surface area (Å²) in [4.78, 5) is 29.1. The molecule has 2 atom stereocenters. The van der Waals surface area contributed by atoms with Crippen molar-refractivity contribution in [3.8, 4) is 11.8 Å². The number of phenols is 1. The number of rotatable bonds is 2. The summed E-state index contributed by atoms with van der Waals surface area (Å²) < 4.78 is 0. The van der Waals surface area contributed by atoms with Gasteiger partial charge in [0, 0.05) is 7.05 Å². The third kappa shape index (κ3) is 2.18. The van der Waals surface area contributed by atoms with Crippen LogP contribution in [-0.2, 0) is 10.3 Å². The second kappa shape index (κ2) is 5.71. The molecule has 0 radical (unpaired) electrons. The Labute approximate surface area is 156 Å². The number of likely N-dealkylation sites (N-methyl/N-ethyl adjacent to an activating group) is 1. The molecular weight excluding hydrogens is 342 g/mol. The fourth-order valence-corrected chi connectivity index (χ4v) is 3.81. The number of phenolic OH excluding ortho intramolecular Hbond substituents is 1. The van der Waals surface area contributed by atoms with Crippen LogP contribution in [0, 0.1) is 11.3 Å². The number of fused-ring (bicyclic) bond motifs is 1. The zero-order chi connectivity index (χ0) is 19.3. The maximum absolute atomic E-state index is 13.4. The lowest BCUT2D eigenvalue weighted by Crippen LogP contribution is -2.42. The molecule has 6 nitrogen and oxygen atoms in total. The minimum absolute atomic E-state index is 0.0929. The van der Waals surface area contributed by atoms with Gasteiger partial charge in [-0.3, -0.25) is 9.69 Å². The standard InChI is InChI=1S/C21H17N3O3/c1-21(14-6-8-15(25)9-7-14)19(26)24(20(27)23(21)2)18-11-10-16-13(12-22)4-3-5-17(16)18/h3-11,18,25H,1-2H3. The van der Waals surface area contributed by atoms with Gasteiger partial charge in [0.2, 0.25) is 0 Å². The molecule has 6 heteroatoms. The number of amides is 3. The molecule has 0 aromatic heterocycles. The first kappa shape index (κ1) is 16.9. The molecule has 0 bridgehead atoms. The van der Waals surface area contributed by atoms with E-state index in [1.54, 1.807) is 50.4 Å². The van der Waals surface area contributed by atoms with Gasteiger partial charge >= 0.3 is 6.03 Å². The summed E-state index contributed by atoms with van der Waals surface area (Å²) in [5.41, 5.74) is 1.47. The molecule has 1 heterocycles. The molecule has 4 rings (SSSR count). The van der Waals surface area contributed by atoms with Gasteiger partial charge < -0.3 is 10.0 Å². The quantitative estimate of drug-likeness (QED) is 0.835. The van der Waals surface area contributed by atoms with Crippen molar-refractivity contribution in [2.75, 3.05) is 7.05 Å². The number of aromatic hydroxyl groups is 1. The van der Waals surface area contributed by atoms with E-state index in [9.17, 15) is 20.0 Å². The molecule has 134 valence electrons. The first-order valence-electron chi connectivity index (χ1n) is 8.51. The maximum Gasteiger partial charge on any atom is 0.328 e. The van der Waals surface area contributed by atoms with Gasteiger partial charge in [-0.15, -0.1) is 0 Å². The third-order valence-corrected chi connectivity index (χ3v) is 5.53. The van der Waals surface area contributed by atoms with Crippen molar-refractivity contribution in [1.82, 2.24) is 9.80 Å². The predicted octanol–water partition coefficient (Wildman–Crippen LogP) is 3.14. The Morgan fingerprint density at radius 1 is 1.15 bits per heavy atom. The Hall–Kier alpha value is -3.59. The first-order chi connectivity index (χ1) is 12.9. The van der Waals surface area contributed by atoms with E-state index in [0.29, 0.717) is 11.1 Å². The van der Waals surface area contributed by atoms with Gasteiger partial charge in [-0.2, -0.15) is 5.26 Å². The minimum atomic E-state index is -1.17. The molecule has 3 amide bonds. The average Bonchev–Trinajstić information content (AvgIpc) is 3.17. The number of imide groups is 1. The summed E-state index contributed by atoms with van der Waals surface area (Å²) in [6, 6.07) is 12.8. The molecule has 1 saturated heterocycles. The highest BCUT2D eigenvalue weighted by molar-refractivity contribution is 6.08. The Balaban J connectivity index is 1.79. The highest BCUT2D eigenvalue weighted by atomic mass is 16.3. The van der Waals surface area contributed by atoms with Crippen molar-refractivity contribution < 1.29 is 14.7 Å². The summed E-state index contributed by atoms with van der Waals surface area (Å²) in [5.74, 6) is -0.249. The van der Waals surface area contributed by atoms with Gasteiger partial charge in [0.1, 0.15) is 11.3 Å². The van der Waals surface area contributed by atoms with E-state index in [-0.39, 0.29) is 11.7 Å². The van der Waals surface area contributed by atoms with Gasteiger partial charge in [-0.05, 0) is 41.8 Å². The van der Waals surface area contributed by atoms with Crippen LogP contribution in [-0.4, -0.2) is 33.9 Å². The second-order valence-electron chi connectivity index (χ2n) is 6.86.